The Kier molecular flexibility index (Phi) is 4.90. The molecule has 3 rings (SSSR count). The molecule has 2 aromatic rings. The van der Waals surface area contributed by atoms with Crippen LogP contribution in [0.4, 0.5) is 17.1 Å². The van der Waals surface area contributed by atoms with E-state index < -0.39 is 4.92 Å². The van der Waals surface area contributed by atoms with Crippen LogP contribution in [0.1, 0.15) is 37.0 Å². The van der Waals surface area contributed by atoms with Crippen molar-refractivity contribution in [1.29, 1.82) is 0 Å². The predicted octanol–water partition coefficient (Wildman–Crippen LogP) is 2.26. The molecule has 1 aliphatic carbocycles. The van der Waals surface area contributed by atoms with Crippen molar-refractivity contribution >= 4 is 17.1 Å². The first kappa shape index (κ1) is 16.2. The van der Waals surface area contributed by atoms with E-state index >= 15 is 0 Å². The fraction of sp³-hybridized carbons (Fsp3) is 0.467. The molecule has 1 heterocycles. The van der Waals surface area contributed by atoms with Crippen LogP contribution in [0.25, 0.3) is 0 Å². The summed E-state index contributed by atoms with van der Waals surface area (Å²) in [5.74, 6) is 1.47. The minimum Gasteiger partial charge on any atom is -0.423 e. The molecule has 0 unspecified atom stereocenters. The van der Waals surface area contributed by atoms with Crippen LogP contribution in [0.5, 0.6) is 0 Å². The summed E-state index contributed by atoms with van der Waals surface area (Å²) in [5, 5.41) is 34.0. The molecule has 1 aromatic carbocycles. The molecule has 9 nitrogen and oxygen atoms in total. The van der Waals surface area contributed by atoms with E-state index in [0.717, 1.165) is 12.8 Å². The van der Waals surface area contributed by atoms with Crippen molar-refractivity contribution in [3.05, 3.63) is 40.1 Å². The van der Waals surface area contributed by atoms with Crippen molar-refractivity contribution in [2.75, 3.05) is 23.8 Å². The lowest BCUT2D eigenvalue weighted by Crippen LogP contribution is -2.09. The Bertz CT molecular complexity index is 714. The number of benzene rings is 1. The van der Waals surface area contributed by atoms with Gasteiger partial charge in [0.15, 0.2) is 0 Å². The molecule has 0 amide bonds. The first-order chi connectivity index (χ1) is 11.7. The number of rotatable bonds is 8. The lowest BCUT2D eigenvalue weighted by atomic mass is 9.85. The van der Waals surface area contributed by atoms with Crippen molar-refractivity contribution in [1.82, 2.24) is 10.2 Å². The molecule has 128 valence electrons. The predicted molar refractivity (Wildman–Crippen MR) is 86.9 cm³/mol. The molecular formula is C15H19N5O4. The summed E-state index contributed by atoms with van der Waals surface area (Å²) in [6.45, 7) is 0.582. The Morgan fingerprint density at radius 3 is 2.79 bits per heavy atom. The molecule has 1 saturated carbocycles. The second-order valence-corrected chi connectivity index (χ2v) is 5.65. The number of hydrogen-bond acceptors (Lipinski definition) is 8. The van der Waals surface area contributed by atoms with Crippen molar-refractivity contribution in [3.63, 3.8) is 0 Å². The van der Waals surface area contributed by atoms with Crippen LogP contribution in [-0.2, 0) is 6.54 Å². The molecule has 1 aromatic heterocycles. The molecule has 0 spiro atoms. The van der Waals surface area contributed by atoms with Gasteiger partial charge in [0.05, 0.1) is 29.4 Å². The molecule has 1 fully saturated rings. The minimum atomic E-state index is -0.456. The summed E-state index contributed by atoms with van der Waals surface area (Å²) in [7, 11) is 0. The highest BCUT2D eigenvalue weighted by molar-refractivity contribution is 5.71. The molecule has 9 heteroatoms. The molecule has 3 N–H and O–H groups in total. The third kappa shape index (κ3) is 3.62. The Hall–Kier alpha value is -2.68. The summed E-state index contributed by atoms with van der Waals surface area (Å²) in [6, 6.07) is 4.44. The van der Waals surface area contributed by atoms with Gasteiger partial charge in [0, 0.05) is 24.6 Å². The van der Waals surface area contributed by atoms with E-state index in [0.29, 0.717) is 35.6 Å². The molecular weight excluding hydrogens is 314 g/mol. The monoisotopic (exact) mass is 333 g/mol. The van der Waals surface area contributed by atoms with Gasteiger partial charge in [0.2, 0.25) is 11.8 Å². The van der Waals surface area contributed by atoms with Gasteiger partial charge >= 0.3 is 0 Å². The van der Waals surface area contributed by atoms with Gasteiger partial charge in [-0.25, -0.2) is 0 Å². The third-order valence-electron chi connectivity index (χ3n) is 4.01. The van der Waals surface area contributed by atoms with Crippen molar-refractivity contribution in [3.8, 4) is 0 Å². The van der Waals surface area contributed by atoms with Crippen LogP contribution >= 0.6 is 0 Å². The number of anilines is 2. The smallest absolute Gasteiger partial charge is 0.271 e. The summed E-state index contributed by atoms with van der Waals surface area (Å²) in [5.41, 5.74) is 1.18. The van der Waals surface area contributed by atoms with Gasteiger partial charge in [0.25, 0.3) is 5.69 Å². The van der Waals surface area contributed by atoms with Gasteiger partial charge in [0.1, 0.15) is 0 Å². The van der Waals surface area contributed by atoms with Gasteiger partial charge < -0.3 is 20.2 Å². The molecule has 0 saturated heterocycles. The molecule has 0 aliphatic heterocycles. The first-order valence-corrected chi connectivity index (χ1v) is 7.86. The first-order valence-electron chi connectivity index (χ1n) is 7.86. The number of aromatic nitrogens is 2. The highest BCUT2D eigenvalue weighted by Crippen LogP contribution is 2.35. The average Bonchev–Trinajstić information content (AvgIpc) is 2.97. The van der Waals surface area contributed by atoms with Crippen LogP contribution in [0.2, 0.25) is 0 Å². The van der Waals surface area contributed by atoms with Gasteiger partial charge in [-0.2, -0.15) is 0 Å². The largest absolute Gasteiger partial charge is 0.423 e. The van der Waals surface area contributed by atoms with Crippen LogP contribution in [0, 0.1) is 10.1 Å². The number of hydrogen-bond donors (Lipinski definition) is 3. The maximum Gasteiger partial charge on any atom is 0.271 e. The van der Waals surface area contributed by atoms with Crippen molar-refractivity contribution < 1.29 is 14.4 Å². The molecule has 0 radical (unpaired) electrons. The summed E-state index contributed by atoms with van der Waals surface area (Å²) >= 11 is 0. The molecule has 24 heavy (non-hydrogen) atoms. The number of non-ortho nitro benzene ring substituents is 1. The normalized spacial score (nSPS) is 14.2. The Morgan fingerprint density at radius 1 is 1.29 bits per heavy atom. The Morgan fingerprint density at radius 2 is 2.12 bits per heavy atom. The lowest BCUT2D eigenvalue weighted by molar-refractivity contribution is -0.384. The van der Waals surface area contributed by atoms with Crippen LogP contribution < -0.4 is 10.6 Å². The average molecular weight is 333 g/mol. The van der Waals surface area contributed by atoms with E-state index in [1.54, 1.807) is 6.07 Å². The van der Waals surface area contributed by atoms with Crippen LogP contribution in [-0.4, -0.2) is 33.4 Å². The molecule has 0 bridgehead atoms. The standard InChI is InChI=1S/C15H19N5O4/c21-7-6-16-12-5-4-11(20(22)23)8-13(12)17-9-14-18-19-15(24-14)10-2-1-3-10/h4-5,8,10,16-17,21H,1-3,6-7,9H2. The summed E-state index contributed by atoms with van der Waals surface area (Å²) in [4.78, 5) is 10.5. The fourth-order valence-corrected chi connectivity index (χ4v) is 2.47. The summed E-state index contributed by atoms with van der Waals surface area (Å²) in [6.07, 6.45) is 3.35. The van der Waals surface area contributed by atoms with E-state index in [2.05, 4.69) is 20.8 Å². The Balaban J connectivity index is 1.70. The highest BCUT2D eigenvalue weighted by atomic mass is 16.6. The zero-order valence-electron chi connectivity index (χ0n) is 13.1. The van der Waals surface area contributed by atoms with E-state index in [1.807, 2.05) is 0 Å². The quantitative estimate of drug-likeness (QED) is 0.496. The number of aliphatic hydroxyl groups excluding tert-OH is 1. The van der Waals surface area contributed by atoms with Crippen molar-refractivity contribution in [2.45, 2.75) is 31.7 Å². The van der Waals surface area contributed by atoms with Crippen molar-refractivity contribution in [2.24, 2.45) is 0 Å². The highest BCUT2D eigenvalue weighted by Gasteiger charge is 2.25. The number of nitro groups is 1. The van der Waals surface area contributed by atoms with Gasteiger partial charge in [-0.3, -0.25) is 10.1 Å². The van der Waals surface area contributed by atoms with E-state index in [9.17, 15) is 10.1 Å². The van der Waals surface area contributed by atoms with E-state index in [-0.39, 0.29) is 18.8 Å². The number of nitro benzene ring substituents is 1. The third-order valence-corrected chi connectivity index (χ3v) is 4.01. The van der Waals surface area contributed by atoms with Gasteiger partial charge in [-0.05, 0) is 18.9 Å². The fourth-order valence-electron chi connectivity index (χ4n) is 2.47. The second kappa shape index (κ2) is 7.26. The number of nitrogens with one attached hydrogen (secondary N) is 2. The van der Waals surface area contributed by atoms with E-state index in [1.165, 1.54) is 18.6 Å². The zero-order valence-corrected chi connectivity index (χ0v) is 13.1. The number of nitrogens with zero attached hydrogens (tertiary/aromatic N) is 3. The summed E-state index contributed by atoms with van der Waals surface area (Å²) < 4.78 is 5.63. The number of aliphatic hydroxyl groups is 1. The van der Waals surface area contributed by atoms with Gasteiger partial charge in [-0.1, -0.05) is 6.42 Å². The van der Waals surface area contributed by atoms with Gasteiger partial charge in [-0.15, -0.1) is 10.2 Å². The Labute approximate surface area is 138 Å². The molecule has 1 aliphatic rings. The SMILES string of the molecule is O=[N+]([O-])c1ccc(NCCO)c(NCc2nnc(C3CCC3)o2)c1. The van der Waals surface area contributed by atoms with E-state index in [4.69, 9.17) is 9.52 Å². The van der Waals surface area contributed by atoms with Crippen LogP contribution in [0.15, 0.2) is 22.6 Å². The minimum absolute atomic E-state index is 0.0206. The second-order valence-electron chi connectivity index (χ2n) is 5.65. The lowest BCUT2D eigenvalue weighted by Gasteiger charge is -2.20. The topological polar surface area (TPSA) is 126 Å². The van der Waals surface area contributed by atoms with Crippen LogP contribution in [0.3, 0.4) is 0 Å². The molecule has 0 atom stereocenters. The zero-order chi connectivity index (χ0) is 16.9. The maximum atomic E-state index is 10.9. The maximum absolute atomic E-state index is 10.9.